The second-order valence-corrected chi connectivity index (χ2v) is 4.83. The molecule has 5 nitrogen and oxygen atoms in total. The number of hydrogen-bond acceptors (Lipinski definition) is 5. The Morgan fingerprint density at radius 3 is 3.06 bits per heavy atom. The number of anilines is 1. The van der Waals surface area contributed by atoms with Crippen LogP contribution in [0.25, 0.3) is 0 Å². The van der Waals surface area contributed by atoms with Crippen molar-refractivity contribution in [3.05, 3.63) is 40.1 Å². The third-order valence-electron chi connectivity index (χ3n) is 2.36. The average molecular weight is 263 g/mol. The highest BCUT2D eigenvalue weighted by Crippen LogP contribution is 2.10. The zero-order valence-corrected chi connectivity index (χ0v) is 10.7. The lowest BCUT2D eigenvalue weighted by molar-refractivity contribution is 0.0690. The molecule has 0 aliphatic carbocycles. The Kier molecular flexibility index (Phi) is 3.88. The van der Waals surface area contributed by atoms with E-state index >= 15 is 0 Å². The van der Waals surface area contributed by atoms with Gasteiger partial charge in [0.1, 0.15) is 5.69 Å². The first kappa shape index (κ1) is 12.5. The number of carboxylic acid groups (broad SMARTS) is 1. The van der Waals surface area contributed by atoms with Crippen LogP contribution in [0.5, 0.6) is 0 Å². The van der Waals surface area contributed by atoms with Crippen molar-refractivity contribution in [2.75, 3.05) is 11.9 Å². The van der Waals surface area contributed by atoms with Gasteiger partial charge in [0.15, 0.2) is 0 Å². The number of aromatic nitrogens is 2. The van der Waals surface area contributed by atoms with E-state index < -0.39 is 5.97 Å². The molecule has 0 fully saturated rings. The lowest BCUT2D eigenvalue weighted by Gasteiger charge is -2.05. The first-order valence-corrected chi connectivity index (χ1v) is 6.37. The number of aryl methyl sites for hydroxylation is 1. The SMILES string of the molecule is Cc1nc(CCNc2ccnc(C(=O)O)c2)cs1. The van der Waals surface area contributed by atoms with Crippen LogP contribution in [0.15, 0.2) is 23.7 Å². The topological polar surface area (TPSA) is 75.1 Å². The molecule has 0 amide bonds. The highest BCUT2D eigenvalue weighted by molar-refractivity contribution is 7.09. The fourth-order valence-electron chi connectivity index (χ4n) is 1.52. The van der Waals surface area contributed by atoms with Crippen molar-refractivity contribution in [2.24, 2.45) is 0 Å². The van der Waals surface area contributed by atoms with Crippen LogP contribution >= 0.6 is 11.3 Å². The second-order valence-electron chi connectivity index (χ2n) is 3.77. The van der Waals surface area contributed by atoms with Crippen molar-refractivity contribution in [3.63, 3.8) is 0 Å². The van der Waals surface area contributed by atoms with E-state index in [1.54, 1.807) is 17.4 Å². The van der Waals surface area contributed by atoms with Crippen molar-refractivity contribution in [2.45, 2.75) is 13.3 Å². The van der Waals surface area contributed by atoms with Crippen molar-refractivity contribution in [1.29, 1.82) is 0 Å². The molecule has 2 aromatic heterocycles. The fourth-order valence-corrected chi connectivity index (χ4v) is 2.16. The number of nitrogens with zero attached hydrogens (tertiary/aromatic N) is 2. The highest BCUT2D eigenvalue weighted by atomic mass is 32.1. The molecule has 0 saturated heterocycles. The maximum atomic E-state index is 10.8. The maximum Gasteiger partial charge on any atom is 0.354 e. The molecule has 2 N–H and O–H groups in total. The normalized spacial score (nSPS) is 10.3. The van der Waals surface area contributed by atoms with Gasteiger partial charge in [0.05, 0.1) is 10.7 Å². The Balaban J connectivity index is 1.90. The minimum Gasteiger partial charge on any atom is -0.477 e. The number of aromatic carboxylic acids is 1. The molecule has 6 heteroatoms. The van der Waals surface area contributed by atoms with Gasteiger partial charge in [-0.25, -0.2) is 14.8 Å². The molecular formula is C12H13N3O2S. The molecule has 2 rings (SSSR count). The predicted octanol–water partition coefficient (Wildman–Crippen LogP) is 2.20. The summed E-state index contributed by atoms with van der Waals surface area (Å²) in [5.74, 6) is -1.02. The number of hydrogen-bond donors (Lipinski definition) is 2. The van der Waals surface area contributed by atoms with Crippen LogP contribution in [-0.2, 0) is 6.42 Å². The van der Waals surface area contributed by atoms with E-state index in [0.717, 1.165) is 22.8 Å². The third kappa shape index (κ3) is 3.27. The summed E-state index contributed by atoms with van der Waals surface area (Å²) in [7, 11) is 0. The predicted molar refractivity (Wildman–Crippen MR) is 70.2 cm³/mol. The van der Waals surface area contributed by atoms with E-state index in [-0.39, 0.29) is 5.69 Å². The van der Waals surface area contributed by atoms with Crippen LogP contribution in [0, 0.1) is 6.92 Å². The maximum absolute atomic E-state index is 10.8. The molecule has 0 aromatic carbocycles. The van der Waals surface area contributed by atoms with Gasteiger partial charge in [0.25, 0.3) is 0 Å². The number of carbonyl (C=O) groups is 1. The van der Waals surface area contributed by atoms with Crippen molar-refractivity contribution < 1.29 is 9.90 Å². The van der Waals surface area contributed by atoms with E-state index in [9.17, 15) is 4.79 Å². The molecule has 0 spiro atoms. The quantitative estimate of drug-likeness (QED) is 0.865. The van der Waals surface area contributed by atoms with Gasteiger partial charge in [-0.2, -0.15) is 0 Å². The molecule has 0 bridgehead atoms. The molecule has 0 aliphatic rings. The second kappa shape index (κ2) is 5.59. The molecule has 2 heterocycles. The minimum atomic E-state index is -1.02. The summed E-state index contributed by atoms with van der Waals surface area (Å²) in [5.41, 5.74) is 1.86. The fraction of sp³-hybridized carbons (Fsp3) is 0.250. The smallest absolute Gasteiger partial charge is 0.354 e. The Labute approximate surface area is 109 Å². The highest BCUT2D eigenvalue weighted by Gasteiger charge is 2.04. The summed E-state index contributed by atoms with van der Waals surface area (Å²) >= 11 is 1.63. The zero-order valence-electron chi connectivity index (χ0n) is 9.88. The summed E-state index contributed by atoms with van der Waals surface area (Å²) in [6.07, 6.45) is 2.30. The Hall–Kier alpha value is -1.95. The van der Waals surface area contributed by atoms with Crippen LogP contribution in [-0.4, -0.2) is 27.6 Å². The number of rotatable bonds is 5. The van der Waals surface area contributed by atoms with Gasteiger partial charge in [0, 0.05) is 30.2 Å². The standard InChI is InChI=1S/C12H13N3O2S/c1-8-15-10(7-18-8)3-4-13-9-2-5-14-11(6-9)12(16)17/h2,5-7H,3-4H2,1H3,(H,13,14)(H,16,17). The van der Waals surface area contributed by atoms with Crippen LogP contribution < -0.4 is 5.32 Å². The molecule has 18 heavy (non-hydrogen) atoms. The van der Waals surface area contributed by atoms with Gasteiger partial charge in [-0.3, -0.25) is 0 Å². The van der Waals surface area contributed by atoms with Crippen LogP contribution in [0.4, 0.5) is 5.69 Å². The van der Waals surface area contributed by atoms with E-state index in [2.05, 4.69) is 15.3 Å². The summed E-state index contributed by atoms with van der Waals surface area (Å²) in [6, 6.07) is 3.27. The van der Waals surface area contributed by atoms with Gasteiger partial charge in [-0.15, -0.1) is 11.3 Å². The first-order chi connectivity index (χ1) is 8.65. The van der Waals surface area contributed by atoms with Crippen molar-refractivity contribution >= 4 is 23.0 Å². The molecule has 0 unspecified atom stereocenters. The Morgan fingerprint density at radius 1 is 1.56 bits per heavy atom. The summed E-state index contributed by atoms with van der Waals surface area (Å²) in [5, 5.41) is 15.1. The molecule has 0 atom stereocenters. The first-order valence-electron chi connectivity index (χ1n) is 5.49. The average Bonchev–Trinajstić information content (AvgIpc) is 2.75. The lowest BCUT2D eigenvalue weighted by atomic mass is 10.3. The van der Waals surface area contributed by atoms with Gasteiger partial charge in [-0.1, -0.05) is 0 Å². The molecule has 0 saturated carbocycles. The van der Waals surface area contributed by atoms with E-state index in [0.29, 0.717) is 6.54 Å². The summed E-state index contributed by atoms with van der Waals surface area (Å²) in [6.45, 7) is 2.69. The van der Waals surface area contributed by atoms with E-state index in [4.69, 9.17) is 5.11 Å². The lowest BCUT2D eigenvalue weighted by Crippen LogP contribution is -2.07. The number of pyridine rings is 1. The van der Waals surface area contributed by atoms with Crippen molar-refractivity contribution in [3.8, 4) is 0 Å². The van der Waals surface area contributed by atoms with Gasteiger partial charge < -0.3 is 10.4 Å². The zero-order chi connectivity index (χ0) is 13.0. The van der Waals surface area contributed by atoms with Gasteiger partial charge in [0.2, 0.25) is 0 Å². The molecule has 2 aromatic rings. The monoisotopic (exact) mass is 263 g/mol. The van der Waals surface area contributed by atoms with Gasteiger partial charge >= 0.3 is 5.97 Å². The Bertz CT molecular complexity index is 554. The Morgan fingerprint density at radius 2 is 2.39 bits per heavy atom. The van der Waals surface area contributed by atoms with Crippen LogP contribution in [0.1, 0.15) is 21.2 Å². The number of nitrogens with one attached hydrogen (secondary N) is 1. The summed E-state index contributed by atoms with van der Waals surface area (Å²) < 4.78 is 0. The molecular weight excluding hydrogens is 250 g/mol. The molecule has 94 valence electrons. The third-order valence-corrected chi connectivity index (χ3v) is 3.18. The van der Waals surface area contributed by atoms with Gasteiger partial charge in [-0.05, 0) is 19.1 Å². The van der Waals surface area contributed by atoms with E-state index in [1.165, 1.54) is 12.3 Å². The minimum absolute atomic E-state index is 0.0458. The largest absolute Gasteiger partial charge is 0.477 e. The number of thiazole rings is 1. The van der Waals surface area contributed by atoms with E-state index in [1.807, 2.05) is 12.3 Å². The number of carboxylic acids is 1. The van der Waals surface area contributed by atoms with Crippen molar-refractivity contribution in [1.82, 2.24) is 9.97 Å². The molecule has 0 aliphatic heterocycles. The van der Waals surface area contributed by atoms with Crippen LogP contribution in [0.2, 0.25) is 0 Å². The van der Waals surface area contributed by atoms with Crippen LogP contribution in [0.3, 0.4) is 0 Å². The summed E-state index contributed by atoms with van der Waals surface area (Å²) in [4.78, 5) is 18.9. The molecule has 0 radical (unpaired) electrons.